The maximum atomic E-state index is 12.8. The van der Waals surface area contributed by atoms with E-state index >= 15 is 0 Å². The standard InChI is InChI=1S/C21H21NO7/c1-12-3-5-15(29-12)18-17(20(24)21(25)22(18)7-8-26-2)19(23)13-4-6-14-16(11-13)28-10-9-27-14/h3-6,11,18,23H,7-10H2,1-2H3/b19-17+/t18-/m1/s1. The van der Waals surface area contributed by atoms with Crippen LogP contribution >= 0.6 is 0 Å². The van der Waals surface area contributed by atoms with Gasteiger partial charge < -0.3 is 28.6 Å². The quantitative estimate of drug-likeness (QED) is 0.468. The number of aryl methyl sites for hydroxylation is 1. The molecule has 4 rings (SSSR count). The highest BCUT2D eigenvalue weighted by molar-refractivity contribution is 6.46. The average molecular weight is 399 g/mol. The Hall–Kier alpha value is -3.26. The normalized spacial score (nSPS) is 20.3. The number of hydrogen-bond acceptors (Lipinski definition) is 7. The molecule has 0 spiro atoms. The first-order chi connectivity index (χ1) is 14.0. The van der Waals surface area contributed by atoms with E-state index in [1.807, 2.05) is 0 Å². The number of methoxy groups -OCH3 is 1. The number of ketones is 1. The van der Waals surface area contributed by atoms with Gasteiger partial charge in [-0.05, 0) is 37.3 Å². The Morgan fingerprint density at radius 2 is 1.93 bits per heavy atom. The van der Waals surface area contributed by atoms with Gasteiger partial charge in [-0.15, -0.1) is 0 Å². The zero-order valence-corrected chi connectivity index (χ0v) is 16.1. The van der Waals surface area contributed by atoms with E-state index in [9.17, 15) is 14.7 Å². The molecule has 0 radical (unpaired) electrons. The lowest BCUT2D eigenvalue weighted by atomic mass is 9.99. The Bertz CT molecular complexity index is 991. The van der Waals surface area contributed by atoms with Crippen LogP contribution in [0.4, 0.5) is 0 Å². The van der Waals surface area contributed by atoms with Crippen molar-refractivity contribution in [3.8, 4) is 11.5 Å². The average Bonchev–Trinajstić information content (AvgIpc) is 3.27. The second-order valence-electron chi connectivity index (χ2n) is 6.79. The number of likely N-dealkylation sites (tertiary alicyclic amines) is 1. The summed E-state index contributed by atoms with van der Waals surface area (Å²) in [5.41, 5.74) is 0.324. The molecule has 29 heavy (non-hydrogen) atoms. The lowest BCUT2D eigenvalue weighted by Gasteiger charge is -2.23. The highest BCUT2D eigenvalue weighted by Gasteiger charge is 2.47. The van der Waals surface area contributed by atoms with E-state index in [2.05, 4.69) is 0 Å². The first-order valence-electron chi connectivity index (χ1n) is 9.25. The van der Waals surface area contributed by atoms with Crippen molar-refractivity contribution in [2.24, 2.45) is 0 Å². The van der Waals surface area contributed by atoms with Crippen molar-refractivity contribution in [3.05, 3.63) is 53.0 Å². The van der Waals surface area contributed by atoms with Crippen LogP contribution in [0.2, 0.25) is 0 Å². The predicted octanol–water partition coefficient (Wildman–Crippen LogP) is 2.43. The predicted molar refractivity (Wildman–Crippen MR) is 102 cm³/mol. The number of aliphatic hydroxyl groups excluding tert-OH is 1. The molecule has 1 fully saturated rings. The molecule has 3 heterocycles. The summed E-state index contributed by atoms with van der Waals surface area (Å²) in [7, 11) is 1.51. The molecule has 0 saturated carbocycles. The van der Waals surface area contributed by atoms with E-state index in [0.717, 1.165) is 0 Å². The lowest BCUT2D eigenvalue weighted by molar-refractivity contribution is -0.140. The van der Waals surface area contributed by atoms with E-state index in [0.29, 0.717) is 41.8 Å². The van der Waals surface area contributed by atoms with Crippen LogP contribution in [0.3, 0.4) is 0 Å². The summed E-state index contributed by atoms with van der Waals surface area (Å²) in [4.78, 5) is 26.9. The second-order valence-corrected chi connectivity index (χ2v) is 6.79. The molecule has 1 atom stereocenters. The number of carbonyl (C=O) groups is 2. The first-order valence-corrected chi connectivity index (χ1v) is 9.25. The fourth-order valence-corrected chi connectivity index (χ4v) is 3.54. The van der Waals surface area contributed by atoms with Crippen LogP contribution in [0.15, 0.2) is 40.3 Å². The minimum atomic E-state index is -0.841. The zero-order valence-electron chi connectivity index (χ0n) is 16.1. The number of carbonyl (C=O) groups excluding carboxylic acids is 2. The van der Waals surface area contributed by atoms with Gasteiger partial charge in [-0.25, -0.2) is 0 Å². The fourth-order valence-electron chi connectivity index (χ4n) is 3.54. The summed E-state index contributed by atoms with van der Waals surface area (Å²) in [6.45, 7) is 3.04. The Morgan fingerprint density at radius 1 is 1.17 bits per heavy atom. The van der Waals surface area contributed by atoms with Gasteiger partial charge in [0.1, 0.15) is 36.5 Å². The summed E-state index contributed by atoms with van der Waals surface area (Å²) in [5, 5.41) is 11.0. The van der Waals surface area contributed by atoms with Crippen molar-refractivity contribution in [1.29, 1.82) is 0 Å². The number of benzene rings is 1. The van der Waals surface area contributed by atoms with Gasteiger partial charge in [0.15, 0.2) is 11.5 Å². The van der Waals surface area contributed by atoms with Crippen molar-refractivity contribution in [2.75, 3.05) is 33.5 Å². The number of aliphatic hydroxyl groups is 1. The van der Waals surface area contributed by atoms with Gasteiger partial charge in [-0.1, -0.05) is 0 Å². The van der Waals surface area contributed by atoms with Crippen LogP contribution in [-0.4, -0.2) is 55.2 Å². The number of hydrogen-bond donors (Lipinski definition) is 1. The van der Waals surface area contributed by atoms with Crippen molar-refractivity contribution in [1.82, 2.24) is 4.90 Å². The molecule has 2 aliphatic rings. The smallest absolute Gasteiger partial charge is 0.295 e. The fraction of sp³-hybridized carbons (Fsp3) is 0.333. The summed E-state index contributed by atoms with van der Waals surface area (Å²) in [6.07, 6.45) is 0. The molecule has 8 heteroatoms. The third-order valence-corrected chi connectivity index (χ3v) is 4.92. The number of rotatable bonds is 5. The van der Waals surface area contributed by atoms with Crippen LogP contribution < -0.4 is 9.47 Å². The van der Waals surface area contributed by atoms with Gasteiger partial charge in [0, 0.05) is 19.2 Å². The van der Waals surface area contributed by atoms with Gasteiger partial charge in [0.25, 0.3) is 11.7 Å². The topological polar surface area (TPSA) is 98.4 Å². The molecule has 1 amide bonds. The maximum absolute atomic E-state index is 12.8. The lowest BCUT2D eigenvalue weighted by Crippen LogP contribution is -2.32. The molecular formula is C21H21NO7. The molecule has 1 N–H and O–H groups in total. The number of fused-ring (bicyclic) bond motifs is 1. The van der Waals surface area contributed by atoms with Crippen LogP contribution in [-0.2, 0) is 14.3 Å². The molecule has 0 aliphatic carbocycles. The minimum Gasteiger partial charge on any atom is -0.507 e. The molecule has 2 aliphatic heterocycles. The minimum absolute atomic E-state index is 0.0304. The maximum Gasteiger partial charge on any atom is 0.295 e. The van der Waals surface area contributed by atoms with Gasteiger partial charge in [0.05, 0.1) is 12.2 Å². The first kappa shape index (κ1) is 19.1. The van der Waals surface area contributed by atoms with Gasteiger partial charge in [-0.3, -0.25) is 9.59 Å². The van der Waals surface area contributed by atoms with Gasteiger partial charge >= 0.3 is 0 Å². The largest absolute Gasteiger partial charge is 0.507 e. The third kappa shape index (κ3) is 3.36. The summed E-state index contributed by atoms with van der Waals surface area (Å²) < 4.78 is 21.8. The van der Waals surface area contributed by atoms with Crippen molar-refractivity contribution in [2.45, 2.75) is 13.0 Å². The summed E-state index contributed by atoms with van der Waals surface area (Å²) in [6, 6.07) is 7.48. The summed E-state index contributed by atoms with van der Waals surface area (Å²) >= 11 is 0. The number of amides is 1. The van der Waals surface area contributed by atoms with Crippen molar-refractivity contribution in [3.63, 3.8) is 0 Å². The van der Waals surface area contributed by atoms with Crippen LogP contribution in [0, 0.1) is 6.92 Å². The van der Waals surface area contributed by atoms with Crippen LogP contribution in [0.25, 0.3) is 5.76 Å². The molecule has 0 unspecified atom stereocenters. The molecule has 0 bridgehead atoms. The number of ether oxygens (including phenoxy) is 3. The van der Waals surface area contributed by atoms with Gasteiger partial charge in [-0.2, -0.15) is 0 Å². The van der Waals surface area contributed by atoms with Crippen LogP contribution in [0.5, 0.6) is 11.5 Å². The number of furan rings is 1. The molecular weight excluding hydrogens is 378 g/mol. The van der Waals surface area contributed by atoms with E-state index in [1.165, 1.54) is 12.0 Å². The second kappa shape index (κ2) is 7.63. The van der Waals surface area contributed by atoms with E-state index in [1.54, 1.807) is 37.3 Å². The molecule has 152 valence electrons. The van der Waals surface area contributed by atoms with E-state index in [-0.39, 0.29) is 24.5 Å². The molecule has 8 nitrogen and oxygen atoms in total. The Kier molecular flexibility index (Phi) is 5.02. The van der Waals surface area contributed by atoms with Crippen molar-refractivity contribution >= 4 is 17.4 Å². The Balaban J connectivity index is 1.82. The zero-order chi connectivity index (χ0) is 20.5. The SMILES string of the molecule is COCCN1C(=O)C(=O)/C(=C(/O)c2ccc3c(c2)OCCO3)[C@H]1c1ccc(C)o1. The number of Topliss-reactive ketones (excluding diaryl/α,β-unsaturated/α-hetero) is 1. The molecule has 1 aromatic heterocycles. The highest BCUT2D eigenvalue weighted by atomic mass is 16.6. The van der Waals surface area contributed by atoms with Crippen molar-refractivity contribution < 1.29 is 33.3 Å². The molecule has 1 aromatic carbocycles. The highest BCUT2D eigenvalue weighted by Crippen LogP contribution is 2.41. The number of nitrogens with zero attached hydrogens (tertiary/aromatic N) is 1. The monoisotopic (exact) mass is 399 g/mol. The van der Waals surface area contributed by atoms with Gasteiger partial charge in [0.2, 0.25) is 0 Å². The van der Waals surface area contributed by atoms with Crippen LogP contribution in [0.1, 0.15) is 23.1 Å². The molecule has 1 saturated heterocycles. The Labute approximate surface area is 167 Å². The Morgan fingerprint density at radius 3 is 2.62 bits per heavy atom. The van der Waals surface area contributed by atoms with E-state index in [4.69, 9.17) is 18.6 Å². The summed E-state index contributed by atoms with van der Waals surface area (Å²) in [5.74, 6) is 0.298. The third-order valence-electron chi connectivity index (χ3n) is 4.92. The van der Waals surface area contributed by atoms with E-state index < -0.39 is 17.7 Å². The molecule has 2 aromatic rings.